The van der Waals surface area contributed by atoms with E-state index in [9.17, 15) is 24.7 Å². The van der Waals surface area contributed by atoms with Crippen LogP contribution in [0.15, 0.2) is 333 Å². The van der Waals surface area contributed by atoms with Crippen LogP contribution in [-0.2, 0) is 0 Å². The van der Waals surface area contributed by atoms with Crippen molar-refractivity contribution in [1.82, 2.24) is 9.13 Å². The molecule has 0 N–H and O–H groups in total. The van der Waals surface area contributed by atoms with E-state index in [2.05, 4.69) is 0 Å². The number of hydrogen-bond acceptors (Lipinski definition) is 2. The molecule has 0 spiro atoms. The molecule has 0 amide bonds. The second-order valence-electron chi connectivity index (χ2n) is 21.8. The van der Waals surface area contributed by atoms with Crippen LogP contribution in [-0.4, -0.2) is 15.8 Å². The number of hydrogen-bond donors (Lipinski definition) is 0. The molecule has 14 aromatic carbocycles. The Balaban J connectivity index is 1.12. The lowest BCUT2D eigenvalue weighted by molar-refractivity contribution is 1.17. The molecule has 16 aromatic rings. The average Bonchev–Trinajstić information content (AvgIpc) is 1.51. The summed E-state index contributed by atoms with van der Waals surface area (Å²) in [5, 5.41) is -1.41. The van der Waals surface area contributed by atoms with Crippen LogP contribution in [0.5, 0.6) is 0 Å². The van der Waals surface area contributed by atoms with Gasteiger partial charge in [-0.25, -0.2) is 0 Å². The fourth-order valence-electron chi connectivity index (χ4n) is 13.3. The van der Waals surface area contributed by atoms with Crippen LogP contribution in [0.3, 0.4) is 0 Å². The van der Waals surface area contributed by atoms with Crippen molar-refractivity contribution in [3.05, 3.63) is 333 Å². The predicted octanol–water partition coefficient (Wildman–Crippen LogP) is 20.3. The van der Waals surface area contributed by atoms with Gasteiger partial charge in [0.25, 0.3) is 6.71 Å². The van der Waals surface area contributed by atoms with E-state index in [1.54, 1.807) is 0 Å². The molecular weight excluding hydrogens is 1080 g/mol. The van der Waals surface area contributed by atoms with Crippen LogP contribution < -0.4 is 26.2 Å². The molecule has 0 atom stereocenters. The summed E-state index contributed by atoms with van der Waals surface area (Å²) >= 11 is 0. The first-order chi connectivity index (χ1) is 53.4. The molecular formula is C84H55BN4. The summed E-state index contributed by atoms with van der Waals surface area (Å²) in [6.45, 7) is -1.63. The first-order valence-electron chi connectivity index (χ1n) is 40.0. The number of nitrogens with zero attached hydrogens (tertiary/aromatic N) is 4. The fraction of sp³-hybridized carbons (Fsp3) is 0. The highest BCUT2D eigenvalue weighted by Crippen LogP contribution is 2.54. The van der Waals surface area contributed by atoms with E-state index >= 15 is 0 Å². The standard InChI is InChI=1S/C84H55BN4/c1-6-26-56(27-7-1)61-52-80-82-81(53-61)89(84-66(59-32-12-4-13-33-59)42-25-43-67(84)60-34-14-5-15-35-60)79-55-63(87-76-46-22-18-38-70(76)71-39-19-23-47-77(71)87)49-51-73(79)85(82)72-50-48-62(86-74-44-20-16-36-68(74)69-37-17-21-45-75(69)86)54-78(72)88(80)83-64(57-28-8-2-9-29-57)40-24-41-65(83)58-30-10-3-11-31-58/h1-55H/i16D,17D,18D,19D,20D,21D,22D,23D,36D,37D,38D,39D,44D,45D,46D,47D,48D,49D,50D,51D,54D,55D. The Labute approximate surface area is 548 Å². The van der Waals surface area contributed by atoms with Gasteiger partial charge in [-0.1, -0.05) is 273 Å². The van der Waals surface area contributed by atoms with Gasteiger partial charge < -0.3 is 18.9 Å². The van der Waals surface area contributed by atoms with Crippen LogP contribution in [0.25, 0.3) is 111 Å². The lowest BCUT2D eigenvalue weighted by Gasteiger charge is -2.46. The minimum absolute atomic E-state index is 0.165. The zero-order valence-electron chi connectivity index (χ0n) is 68.9. The normalized spacial score (nSPS) is 15.9. The molecule has 0 saturated carbocycles. The van der Waals surface area contributed by atoms with Gasteiger partial charge in [0.1, 0.15) is 0 Å². The van der Waals surface area contributed by atoms with Crippen molar-refractivity contribution in [2.24, 2.45) is 0 Å². The summed E-state index contributed by atoms with van der Waals surface area (Å²) in [4.78, 5) is 3.65. The van der Waals surface area contributed by atoms with Crippen LogP contribution in [0.4, 0.5) is 34.1 Å². The van der Waals surface area contributed by atoms with E-state index in [1.807, 2.05) is 210 Å². The van der Waals surface area contributed by atoms with Gasteiger partial charge >= 0.3 is 0 Å². The van der Waals surface area contributed by atoms with Crippen molar-refractivity contribution in [3.8, 4) is 67.0 Å². The predicted molar refractivity (Wildman–Crippen MR) is 376 cm³/mol. The molecule has 4 nitrogen and oxygen atoms in total. The molecule has 0 saturated heterocycles. The highest BCUT2D eigenvalue weighted by Gasteiger charge is 2.46. The van der Waals surface area contributed by atoms with Crippen molar-refractivity contribution in [2.75, 3.05) is 9.80 Å². The molecule has 18 rings (SSSR count). The Morgan fingerprint density at radius 1 is 0.270 bits per heavy atom. The Morgan fingerprint density at radius 3 is 0.899 bits per heavy atom. The van der Waals surface area contributed by atoms with Crippen LogP contribution in [0.1, 0.15) is 30.2 Å². The first-order valence-corrected chi connectivity index (χ1v) is 29.0. The maximum atomic E-state index is 11.5. The quantitative estimate of drug-likeness (QED) is 0.134. The first kappa shape index (κ1) is 33.3. The average molecular weight is 1150 g/mol. The lowest BCUT2D eigenvalue weighted by Crippen LogP contribution is -2.61. The summed E-state index contributed by atoms with van der Waals surface area (Å²) < 4.78 is 219. The second kappa shape index (κ2) is 20.5. The Bertz CT molecular complexity index is 6150. The number of rotatable bonds is 9. The van der Waals surface area contributed by atoms with Gasteiger partial charge in [0.05, 0.1) is 63.6 Å². The van der Waals surface area contributed by atoms with Crippen molar-refractivity contribution >= 4 is 101 Å². The summed E-state index contributed by atoms with van der Waals surface area (Å²) in [5.74, 6) is 0. The zero-order valence-corrected chi connectivity index (χ0v) is 46.9. The topological polar surface area (TPSA) is 16.3 Å². The van der Waals surface area contributed by atoms with Gasteiger partial charge in [0, 0.05) is 77.9 Å². The number of benzene rings is 14. The van der Waals surface area contributed by atoms with Crippen LogP contribution in [0.2, 0.25) is 0 Å². The largest absolute Gasteiger partial charge is 0.310 e. The summed E-state index contributed by atoms with van der Waals surface area (Å²) in [7, 11) is 0. The molecule has 2 aliphatic heterocycles. The van der Waals surface area contributed by atoms with Gasteiger partial charge in [-0.2, -0.15) is 0 Å². The highest BCUT2D eigenvalue weighted by atomic mass is 15.2. The molecule has 5 heteroatoms. The third kappa shape index (κ3) is 7.95. The SMILES string of the molecule is [2H]c1c([2H])c(-n2c3c([2H])c([2H])c([2H])c([2H])c3c3c([2H])c([2H])c([2H])c([2H])c32)c([2H])c2c1B1c3c(cc(-c4ccccc4)cc3N(c3c(-c4ccccc4)cccc3-c3ccccc3)c3c([2H])c(-n4c5c([2H])c([2H])c([2H])c([2H])c5c5c([2H])c([2H])c([2H])c([2H])c54)c([2H])c([2H])c31)N2c1c(-c2ccccc2)cccc1-c1ccccc1. The molecule has 0 unspecified atom stereocenters. The molecule has 89 heavy (non-hydrogen) atoms. The Morgan fingerprint density at radius 2 is 0.573 bits per heavy atom. The Kier molecular flexibility index (Phi) is 7.68. The highest BCUT2D eigenvalue weighted by molar-refractivity contribution is 7.00. The van der Waals surface area contributed by atoms with Gasteiger partial charge in [0.2, 0.25) is 0 Å². The second-order valence-corrected chi connectivity index (χ2v) is 21.8. The van der Waals surface area contributed by atoms with Crippen LogP contribution in [0, 0.1) is 0 Å². The molecule has 0 bridgehead atoms. The van der Waals surface area contributed by atoms with Crippen molar-refractivity contribution in [2.45, 2.75) is 0 Å². The number of anilines is 6. The minimum Gasteiger partial charge on any atom is -0.310 e. The molecule has 0 aliphatic carbocycles. The molecule has 2 aromatic heterocycles. The van der Waals surface area contributed by atoms with Gasteiger partial charge in [-0.3, -0.25) is 0 Å². The lowest BCUT2D eigenvalue weighted by atomic mass is 9.33. The number of aromatic nitrogens is 2. The molecule has 414 valence electrons. The zero-order chi connectivity index (χ0) is 77.7. The van der Waals surface area contributed by atoms with Gasteiger partial charge in [-0.15, -0.1) is 0 Å². The van der Waals surface area contributed by atoms with E-state index in [1.165, 1.54) is 0 Å². The van der Waals surface area contributed by atoms with Crippen molar-refractivity contribution in [1.29, 1.82) is 0 Å². The maximum Gasteiger partial charge on any atom is 0.252 e. The summed E-state index contributed by atoms with van der Waals surface area (Å²) in [5.41, 5.74) is 4.18. The van der Waals surface area contributed by atoms with Gasteiger partial charge in [0.15, 0.2) is 0 Å². The van der Waals surface area contributed by atoms with Gasteiger partial charge in [-0.05, 0) is 110 Å². The third-order valence-electron chi connectivity index (χ3n) is 17.0. The van der Waals surface area contributed by atoms with Crippen LogP contribution >= 0.6 is 0 Å². The number of fused-ring (bicyclic) bond motifs is 10. The van der Waals surface area contributed by atoms with Crippen molar-refractivity contribution < 1.29 is 30.2 Å². The van der Waals surface area contributed by atoms with E-state index in [-0.39, 0.29) is 55.2 Å². The minimum atomic E-state index is -1.63. The smallest absolute Gasteiger partial charge is 0.252 e. The van der Waals surface area contributed by atoms with E-state index in [0.717, 1.165) is 9.13 Å². The van der Waals surface area contributed by atoms with E-state index in [4.69, 9.17) is 5.48 Å². The number of para-hydroxylation sites is 6. The van der Waals surface area contributed by atoms with E-state index < -0.39 is 173 Å². The summed E-state index contributed by atoms with van der Waals surface area (Å²) in [6, 6.07) is 46.4. The molecule has 0 radical (unpaired) electrons. The third-order valence-corrected chi connectivity index (χ3v) is 17.0. The molecule has 0 fully saturated rings. The molecule has 4 heterocycles. The van der Waals surface area contributed by atoms with Crippen molar-refractivity contribution in [3.63, 3.8) is 0 Å². The summed E-state index contributed by atoms with van der Waals surface area (Å²) in [6.07, 6.45) is 0. The monoisotopic (exact) mass is 1150 g/mol. The fourth-order valence-corrected chi connectivity index (χ4v) is 13.3. The Hall–Kier alpha value is -11.7. The molecule has 2 aliphatic rings. The maximum absolute atomic E-state index is 11.5. The van der Waals surface area contributed by atoms with E-state index in [0.29, 0.717) is 72.5 Å².